The molecule has 0 aliphatic rings. The van der Waals surface area contributed by atoms with Crippen LogP contribution in [0.3, 0.4) is 0 Å². The van der Waals surface area contributed by atoms with E-state index in [4.69, 9.17) is 5.73 Å². The number of para-hydroxylation sites is 1. The number of rotatable bonds is 53. The molecule has 0 aliphatic heterocycles. The maximum atomic E-state index is 15.2. The molecule has 4 aromatic rings. The van der Waals surface area contributed by atoms with Crippen molar-refractivity contribution in [3.05, 3.63) is 114 Å². The Hall–Kier alpha value is -10.2. The molecule has 3 aromatic carbocycles. The molecule has 0 bridgehead atoms. The molecule has 0 saturated carbocycles. The number of Topliss-reactive ketones (excluding diaryl/α,β-unsaturated/α-hetero) is 3. The number of allylic oxidation sites excluding steroid dienone is 2. The number of benzene rings is 3. The van der Waals surface area contributed by atoms with Gasteiger partial charge in [-0.05, 0) is 160 Å². The molecule has 0 radical (unpaired) electrons. The standard InChI is InChI=1S/C86H129N13O16/c1-16-18-20-21-22-23-24-25-31-43-86(15,84(115)91-54(8)74(105)73(104)53(7)88-49-62(34-19-17-2)77(108)90-55(9)75(87)106)99-78(109)61(44-51(3)4)39-42-71(103)67(48-63-50-89-66-36-30-29-35-65(63)66)94-79(110)69(47-60-37-40-64(102)41-38-60)95-76(107)56(10)92-83(114)85(13,14)98-81(112)70(46-59-32-27-26-28-33-59)96-82(113)72(57(11)100)97-80(111)68(45-52(5)6)93-58(12)101/h23-24,26-30,32-33,35-38,40-41,50-57,61-62,67-70,72,88-89,100,102H,16-22,25,31,34,39,42-49H2,1-15H3,(H2,87,106)(H,90,108)(H,91,115)(H,92,114)(H,93,101)(H,94,110)(H,95,107)(H,96,113)(H,97,111)(H,98,112)(H,99,109)/b24-23+/t53?,54?,55?,56?,57-,61+,62-,67+,68+,69+,70+,72+,86+/m1/s1. The lowest BCUT2D eigenvalue weighted by atomic mass is 9.87. The number of aromatic hydroxyl groups is 1. The average molecular weight is 1600 g/mol. The van der Waals surface area contributed by atoms with Gasteiger partial charge in [-0.3, -0.25) is 67.1 Å². The summed E-state index contributed by atoms with van der Waals surface area (Å²) in [5, 5.41) is 51.7. The maximum Gasteiger partial charge on any atom is 0.246 e. The SMILES string of the molecule is CCCCCC/C=C/CCC[C@](C)(NC(=O)[C@@H](CCC(=O)[C@H](Cc1c[nH]c2ccccc12)NC(=O)[C@H](Cc1ccc(O)cc1)NC(=O)C(C)NC(=O)C(C)(C)NC(=O)[C@H](Cc1ccccc1)NC(=O)[C@@H](NC(=O)[C@H](CC(C)C)NC(C)=O)[C@@H](C)O)CC(C)C)C(=O)NC(C)C(=O)C(=O)C(C)NC[C@@H](CCCC)C(=O)NC(C)C(N)=O. The summed E-state index contributed by atoms with van der Waals surface area (Å²) in [4.78, 5) is 199. The van der Waals surface area contributed by atoms with E-state index in [0.717, 1.165) is 49.4 Å². The Balaban J connectivity index is 1.63. The number of aromatic nitrogens is 1. The molecule has 4 rings (SSSR count). The average Bonchev–Trinajstić information content (AvgIpc) is 1.80. The number of H-pyrrole nitrogens is 1. The number of hydrogen-bond acceptors (Lipinski definition) is 17. The first kappa shape index (κ1) is 97.2. The second kappa shape index (κ2) is 48.3. The van der Waals surface area contributed by atoms with Crippen molar-refractivity contribution >= 4 is 93.2 Å². The van der Waals surface area contributed by atoms with Gasteiger partial charge in [0.25, 0.3) is 0 Å². The van der Waals surface area contributed by atoms with E-state index in [0.29, 0.717) is 42.4 Å². The summed E-state index contributed by atoms with van der Waals surface area (Å²) >= 11 is 0. The number of unbranched alkanes of at least 4 members (excludes halogenated alkanes) is 6. The third-order valence-electron chi connectivity index (χ3n) is 20.3. The fourth-order valence-corrected chi connectivity index (χ4v) is 13.2. The smallest absolute Gasteiger partial charge is 0.246 e. The van der Waals surface area contributed by atoms with Crippen molar-refractivity contribution < 1.29 is 77.3 Å². The first-order chi connectivity index (χ1) is 54.2. The summed E-state index contributed by atoms with van der Waals surface area (Å²) in [7, 11) is 0. The molecule has 0 fully saturated rings. The van der Waals surface area contributed by atoms with Gasteiger partial charge in [0.1, 0.15) is 53.1 Å². The zero-order valence-corrected chi connectivity index (χ0v) is 69.9. The van der Waals surface area contributed by atoms with Crippen LogP contribution in [0.5, 0.6) is 5.75 Å². The lowest BCUT2D eigenvalue weighted by Gasteiger charge is -2.33. The molecule has 16 N–H and O–H groups in total. The molecule has 0 spiro atoms. The van der Waals surface area contributed by atoms with Gasteiger partial charge in [-0.25, -0.2) is 0 Å². The molecule has 1 heterocycles. The highest BCUT2D eigenvalue weighted by Gasteiger charge is 2.42. The van der Waals surface area contributed by atoms with Crippen LogP contribution in [0.1, 0.15) is 217 Å². The number of hydrogen-bond donors (Lipinski definition) is 15. The Labute approximate surface area is 677 Å². The van der Waals surface area contributed by atoms with Crippen molar-refractivity contribution in [1.82, 2.24) is 63.5 Å². The van der Waals surface area contributed by atoms with E-state index < -0.39 is 166 Å². The number of nitrogens with two attached hydrogens (primary N) is 1. The molecule has 29 heteroatoms. The molecular formula is C86H129N13O16. The monoisotopic (exact) mass is 1600 g/mol. The Morgan fingerprint density at radius 1 is 0.496 bits per heavy atom. The minimum atomic E-state index is -1.82. The molecule has 13 atom stereocenters. The molecule has 1 aromatic heterocycles. The number of aromatic amines is 1. The van der Waals surface area contributed by atoms with E-state index in [-0.39, 0.29) is 75.5 Å². The van der Waals surface area contributed by atoms with Gasteiger partial charge in [-0.15, -0.1) is 0 Å². The quantitative estimate of drug-likeness (QED) is 0.0133. The van der Waals surface area contributed by atoms with Crippen molar-refractivity contribution in [3.63, 3.8) is 0 Å². The number of nitrogens with one attached hydrogen (secondary N) is 12. The lowest BCUT2D eigenvalue weighted by Crippen LogP contribution is -2.64. The lowest BCUT2D eigenvalue weighted by molar-refractivity contribution is -0.141. The fourth-order valence-electron chi connectivity index (χ4n) is 13.2. The second-order valence-corrected chi connectivity index (χ2v) is 32.1. The first-order valence-electron chi connectivity index (χ1n) is 40.6. The van der Waals surface area contributed by atoms with E-state index in [1.807, 2.05) is 65.0 Å². The van der Waals surface area contributed by atoms with Crippen LogP contribution < -0.4 is 64.2 Å². The molecular weight excluding hydrogens is 1470 g/mol. The van der Waals surface area contributed by atoms with Crippen molar-refractivity contribution in [2.45, 2.75) is 291 Å². The summed E-state index contributed by atoms with van der Waals surface area (Å²) in [6.45, 7) is 24.0. The van der Waals surface area contributed by atoms with Crippen LogP contribution >= 0.6 is 0 Å². The number of carbonyl (C=O) groups is 14. The number of phenolic OH excluding ortho intramolecular Hbond substituents is 1. The van der Waals surface area contributed by atoms with E-state index >= 15 is 14.4 Å². The minimum Gasteiger partial charge on any atom is -0.508 e. The first-order valence-corrected chi connectivity index (χ1v) is 40.6. The molecule has 0 aliphatic carbocycles. The number of fused-ring (bicyclic) bond motifs is 1. The summed E-state index contributed by atoms with van der Waals surface area (Å²) in [5.41, 5.74) is 4.35. The normalized spacial score (nSPS) is 15.3. The molecule has 11 amide bonds. The largest absolute Gasteiger partial charge is 0.508 e. The molecule has 4 unspecified atom stereocenters. The van der Waals surface area contributed by atoms with Crippen LogP contribution in [0.2, 0.25) is 0 Å². The number of aliphatic hydroxyl groups is 1. The molecule has 634 valence electrons. The van der Waals surface area contributed by atoms with Gasteiger partial charge < -0.3 is 79.4 Å². The van der Waals surface area contributed by atoms with Gasteiger partial charge in [0, 0.05) is 62.2 Å². The Bertz CT molecular complexity index is 3930. The summed E-state index contributed by atoms with van der Waals surface area (Å²) < 4.78 is 0. The van der Waals surface area contributed by atoms with Crippen LogP contribution in [-0.4, -0.2) is 176 Å². The Morgan fingerprint density at radius 2 is 1.06 bits per heavy atom. The molecule has 0 saturated heterocycles. The maximum absolute atomic E-state index is 15.2. The van der Waals surface area contributed by atoms with Crippen LogP contribution in [0, 0.1) is 23.7 Å². The summed E-state index contributed by atoms with van der Waals surface area (Å²) in [6.07, 6.45) is 12.2. The summed E-state index contributed by atoms with van der Waals surface area (Å²) in [5.74, 6) is -12.2. The molecule has 29 nitrogen and oxygen atoms in total. The predicted molar refractivity (Wildman–Crippen MR) is 441 cm³/mol. The fraction of sp³-hybridized carbons (Fsp3) is 0.581. The van der Waals surface area contributed by atoms with Crippen LogP contribution in [0.4, 0.5) is 0 Å². The third kappa shape index (κ3) is 33.3. The minimum absolute atomic E-state index is 0.00494. The van der Waals surface area contributed by atoms with E-state index in [9.17, 15) is 63.0 Å². The Kier molecular flexibility index (Phi) is 40.8. The zero-order valence-electron chi connectivity index (χ0n) is 69.9. The van der Waals surface area contributed by atoms with Gasteiger partial charge in [0.05, 0.1) is 30.1 Å². The molecule has 115 heavy (non-hydrogen) atoms. The van der Waals surface area contributed by atoms with Crippen molar-refractivity contribution in [2.24, 2.45) is 29.4 Å². The number of phenols is 1. The predicted octanol–water partition coefficient (Wildman–Crippen LogP) is 6.17. The van der Waals surface area contributed by atoms with Crippen molar-refractivity contribution in [2.75, 3.05) is 6.54 Å². The van der Waals surface area contributed by atoms with Crippen molar-refractivity contribution in [1.29, 1.82) is 0 Å². The number of aliphatic hydroxyl groups excluding tert-OH is 1. The second-order valence-electron chi connectivity index (χ2n) is 32.1. The topological polar surface area (TPSA) is 454 Å². The van der Waals surface area contributed by atoms with E-state index in [1.165, 1.54) is 79.7 Å². The zero-order chi connectivity index (χ0) is 85.9. The number of amides is 11. The van der Waals surface area contributed by atoms with Crippen molar-refractivity contribution in [3.8, 4) is 5.75 Å². The van der Waals surface area contributed by atoms with E-state index in [2.05, 4.69) is 76.5 Å². The van der Waals surface area contributed by atoms with E-state index in [1.54, 1.807) is 43.5 Å². The van der Waals surface area contributed by atoms with Crippen LogP contribution in [0.15, 0.2) is 97.2 Å². The summed E-state index contributed by atoms with van der Waals surface area (Å²) in [6, 6.07) is 10.1. The highest BCUT2D eigenvalue weighted by molar-refractivity contribution is 6.41. The van der Waals surface area contributed by atoms with Gasteiger partial charge >= 0.3 is 0 Å². The van der Waals surface area contributed by atoms with Gasteiger partial charge in [-0.2, -0.15) is 0 Å². The number of primary amides is 1. The van der Waals surface area contributed by atoms with Crippen LogP contribution in [-0.2, 0) is 86.4 Å². The third-order valence-corrected chi connectivity index (χ3v) is 20.3. The highest BCUT2D eigenvalue weighted by atomic mass is 16.3. The number of carbonyl (C=O) groups excluding carboxylic acids is 14. The van der Waals surface area contributed by atoms with Crippen LogP contribution in [0.25, 0.3) is 10.9 Å². The van der Waals surface area contributed by atoms with Gasteiger partial charge in [-0.1, -0.05) is 146 Å². The Morgan fingerprint density at radius 3 is 1.67 bits per heavy atom. The highest BCUT2D eigenvalue weighted by Crippen LogP contribution is 2.26. The van der Waals surface area contributed by atoms with Gasteiger partial charge in [0.2, 0.25) is 76.5 Å². The number of ketones is 3. The van der Waals surface area contributed by atoms with Gasteiger partial charge in [0.15, 0.2) is 5.78 Å².